The monoisotopic (exact) mass is 300 g/mol. The second-order valence-electron chi connectivity index (χ2n) is 5.74. The molecule has 1 atom stereocenters. The summed E-state index contributed by atoms with van der Waals surface area (Å²) in [6.45, 7) is 2.58. The van der Waals surface area contributed by atoms with Gasteiger partial charge in [-0.25, -0.2) is 9.97 Å². The normalized spacial score (nSPS) is 17.8. The number of aryl methyl sites for hydroxylation is 1. The number of nitrogens with zero attached hydrogens (tertiary/aromatic N) is 4. The topological polar surface area (TPSA) is 62.5 Å². The number of hydrogen-bond acceptors (Lipinski definition) is 5. The van der Waals surface area contributed by atoms with Gasteiger partial charge in [-0.1, -0.05) is 0 Å². The summed E-state index contributed by atoms with van der Waals surface area (Å²) in [7, 11) is 3.76. The van der Waals surface area contributed by atoms with Gasteiger partial charge in [0.05, 0.1) is 23.6 Å². The molecule has 2 aromatic rings. The quantitative estimate of drug-likeness (QED) is 0.871. The molecule has 0 N–H and O–H groups in total. The Morgan fingerprint density at radius 1 is 1.45 bits per heavy atom. The molecule has 1 amide bonds. The van der Waals surface area contributed by atoms with E-state index in [-0.39, 0.29) is 11.9 Å². The van der Waals surface area contributed by atoms with Crippen molar-refractivity contribution in [3.63, 3.8) is 0 Å². The highest BCUT2D eigenvalue weighted by Crippen LogP contribution is 2.33. The minimum atomic E-state index is -0.0262. The third kappa shape index (κ3) is 2.56. The summed E-state index contributed by atoms with van der Waals surface area (Å²) in [4.78, 5) is 25.2. The number of carbonyl (C=O) groups is 1. The predicted molar refractivity (Wildman–Crippen MR) is 82.8 cm³/mol. The van der Waals surface area contributed by atoms with Gasteiger partial charge in [0.1, 0.15) is 5.76 Å². The minimum Gasteiger partial charge on any atom is -0.467 e. The first kappa shape index (κ1) is 14.6. The van der Waals surface area contributed by atoms with E-state index >= 15 is 0 Å². The lowest BCUT2D eigenvalue weighted by molar-refractivity contribution is 0.0718. The lowest BCUT2D eigenvalue weighted by Gasteiger charge is -2.24. The smallest absolute Gasteiger partial charge is 0.257 e. The predicted octanol–water partition coefficient (Wildman–Crippen LogP) is 2.42. The van der Waals surface area contributed by atoms with Crippen LogP contribution in [-0.2, 0) is 0 Å². The molecule has 1 aliphatic heterocycles. The highest BCUT2D eigenvalue weighted by Gasteiger charge is 2.33. The van der Waals surface area contributed by atoms with Crippen LogP contribution in [0, 0.1) is 6.92 Å². The number of amides is 1. The van der Waals surface area contributed by atoms with Gasteiger partial charge in [0.2, 0.25) is 5.95 Å². The van der Waals surface area contributed by atoms with E-state index in [0.29, 0.717) is 17.2 Å². The molecule has 0 unspecified atom stereocenters. The van der Waals surface area contributed by atoms with Crippen LogP contribution in [-0.4, -0.2) is 41.4 Å². The lowest BCUT2D eigenvalue weighted by Crippen LogP contribution is -2.31. The number of furan rings is 1. The molecule has 116 valence electrons. The van der Waals surface area contributed by atoms with E-state index in [9.17, 15) is 4.79 Å². The van der Waals surface area contributed by atoms with Crippen molar-refractivity contribution in [3.05, 3.63) is 41.6 Å². The Hall–Kier alpha value is -2.37. The Morgan fingerprint density at radius 3 is 2.91 bits per heavy atom. The van der Waals surface area contributed by atoms with Crippen molar-refractivity contribution in [1.29, 1.82) is 0 Å². The summed E-state index contributed by atoms with van der Waals surface area (Å²) >= 11 is 0. The third-order valence-electron chi connectivity index (χ3n) is 3.98. The molecule has 6 heteroatoms. The van der Waals surface area contributed by atoms with Crippen molar-refractivity contribution >= 4 is 11.9 Å². The first-order valence-electron chi connectivity index (χ1n) is 7.43. The molecule has 1 aliphatic rings. The number of aromatic nitrogens is 2. The molecule has 2 aromatic heterocycles. The highest BCUT2D eigenvalue weighted by molar-refractivity contribution is 5.95. The fourth-order valence-electron chi connectivity index (χ4n) is 2.82. The van der Waals surface area contributed by atoms with Gasteiger partial charge in [0.15, 0.2) is 0 Å². The molecule has 1 fully saturated rings. The van der Waals surface area contributed by atoms with Gasteiger partial charge in [-0.3, -0.25) is 4.79 Å². The van der Waals surface area contributed by atoms with Crippen LogP contribution in [0.5, 0.6) is 0 Å². The van der Waals surface area contributed by atoms with Crippen LogP contribution >= 0.6 is 0 Å². The standard InChI is InChI=1S/C16H20N4O2/c1-11-12(10-17-16(18-11)19(2)3)15(21)20-8-4-6-13(20)14-7-5-9-22-14/h5,7,9-10,13H,4,6,8H2,1-3H3/t13-/m0/s1. The van der Waals surface area contributed by atoms with Crippen LogP contribution in [0.25, 0.3) is 0 Å². The average Bonchev–Trinajstić information content (AvgIpc) is 3.16. The highest BCUT2D eigenvalue weighted by atomic mass is 16.3. The Morgan fingerprint density at radius 2 is 2.27 bits per heavy atom. The average molecular weight is 300 g/mol. The molecule has 0 aliphatic carbocycles. The summed E-state index contributed by atoms with van der Waals surface area (Å²) in [5.74, 6) is 1.43. The number of carbonyl (C=O) groups excluding carboxylic acids is 1. The number of rotatable bonds is 3. The summed E-state index contributed by atoms with van der Waals surface area (Å²) in [5.41, 5.74) is 1.26. The van der Waals surface area contributed by atoms with Gasteiger partial charge in [-0.15, -0.1) is 0 Å². The van der Waals surface area contributed by atoms with Crippen LogP contribution < -0.4 is 4.90 Å². The van der Waals surface area contributed by atoms with Gasteiger partial charge in [-0.05, 0) is 31.9 Å². The fourth-order valence-corrected chi connectivity index (χ4v) is 2.82. The Balaban J connectivity index is 1.87. The van der Waals surface area contributed by atoms with E-state index in [2.05, 4.69) is 9.97 Å². The van der Waals surface area contributed by atoms with Crippen LogP contribution in [0.4, 0.5) is 5.95 Å². The van der Waals surface area contributed by atoms with Crippen molar-refractivity contribution in [2.24, 2.45) is 0 Å². The maximum atomic E-state index is 12.8. The second kappa shape index (κ2) is 5.79. The zero-order valence-corrected chi connectivity index (χ0v) is 13.1. The largest absolute Gasteiger partial charge is 0.467 e. The van der Waals surface area contributed by atoms with Crippen molar-refractivity contribution in [3.8, 4) is 0 Å². The van der Waals surface area contributed by atoms with Gasteiger partial charge < -0.3 is 14.2 Å². The molecular formula is C16H20N4O2. The molecule has 3 heterocycles. The molecule has 6 nitrogen and oxygen atoms in total. The molecule has 0 bridgehead atoms. The van der Waals surface area contributed by atoms with E-state index in [1.165, 1.54) is 0 Å². The minimum absolute atomic E-state index is 0.00965. The summed E-state index contributed by atoms with van der Waals surface area (Å²) in [6.07, 6.45) is 5.18. The Labute approximate surface area is 129 Å². The lowest BCUT2D eigenvalue weighted by atomic mass is 10.1. The molecular weight excluding hydrogens is 280 g/mol. The van der Waals surface area contributed by atoms with E-state index in [0.717, 1.165) is 25.1 Å². The van der Waals surface area contributed by atoms with E-state index < -0.39 is 0 Å². The van der Waals surface area contributed by atoms with Crippen molar-refractivity contribution in [2.45, 2.75) is 25.8 Å². The summed E-state index contributed by atoms with van der Waals surface area (Å²) in [5, 5.41) is 0. The zero-order valence-electron chi connectivity index (χ0n) is 13.1. The van der Waals surface area contributed by atoms with E-state index in [1.54, 1.807) is 12.5 Å². The van der Waals surface area contributed by atoms with Crippen molar-refractivity contribution < 1.29 is 9.21 Å². The van der Waals surface area contributed by atoms with Gasteiger partial charge in [0, 0.05) is 26.8 Å². The SMILES string of the molecule is Cc1nc(N(C)C)ncc1C(=O)N1CCC[C@H]1c1ccco1. The first-order valence-corrected chi connectivity index (χ1v) is 7.43. The molecule has 0 radical (unpaired) electrons. The van der Waals surface area contributed by atoms with E-state index in [1.807, 2.05) is 43.0 Å². The molecule has 1 saturated heterocycles. The van der Waals surface area contributed by atoms with Crippen LogP contribution in [0.1, 0.15) is 40.7 Å². The molecule has 22 heavy (non-hydrogen) atoms. The van der Waals surface area contributed by atoms with Crippen LogP contribution in [0.2, 0.25) is 0 Å². The maximum absolute atomic E-state index is 12.8. The van der Waals surface area contributed by atoms with Crippen molar-refractivity contribution in [2.75, 3.05) is 25.5 Å². The number of hydrogen-bond donors (Lipinski definition) is 0. The number of anilines is 1. The summed E-state index contributed by atoms with van der Waals surface area (Å²) in [6, 6.07) is 3.79. The maximum Gasteiger partial charge on any atom is 0.257 e. The van der Waals surface area contributed by atoms with Crippen molar-refractivity contribution in [1.82, 2.24) is 14.9 Å². The first-order chi connectivity index (χ1) is 10.6. The molecule has 0 saturated carbocycles. The molecule has 0 aromatic carbocycles. The fraction of sp³-hybridized carbons (Fsp3) is 0.438. The van der Waals surface area contributed by atoms with Gasteiger partial charge in [0.25, 0.3) is 5.91 Å². The van der Waals surface area contributed by atoms with Crippen LogP contribution in [0.3, 0.4) is 0 Å². The zero-order chi connectivity index (χ0) is 15.7. The van der Waals surface area contributed by atoms with Gasteiger partial charge >= 0.3 is 0 Å². The molecule has 3 rings (SSSR count). The third-order valence-corrected chi connectivity index (χ3v) is 3.98. The summed E-state index contributed by atoms with van der Waals surface area (Å²) < 4.78 is 5.48. The van der Waals surface area contributed by atoms with E-state index in [4.69, 9.17) is 4.42 Å². The van der Waals surface area contributed by atoms with Crippen LogP contribution in [0.15, 0.2) is 29.0 Å². The Kier molecular flexibility index (Phi) is 3.83. The number of likely N-dealkylation sites (tertiary alicyclic amines) is 1. The van der Waals surface area contributed by atoms with Gasteiger partial charge in [-0.2, -0.15) is 0 Å². The Bertz CT molecular complexity index is 667. The second-order valence-corrected chi connectivity index (χ2v) is 5.74. The molecule has 0 spiro atoms.